The Hall–Kier alpha value is -1.36. The highest BCUT2D eigenvalue weighted by Gasteiger charge is 2.19. The molecular formula is C12H20N4O. The van der Waals surface area contributed by atoms with Crippen LogP contribution in [0.1, 0.15) is 19.3 Å². The molecule has 1 saturated heterocycles. The summed E-state index contributed by atoms with van der Waals surface area (Å²) < 4.78 is 0. The molecule has 94 valence electrons. The lowest BCUT2D eigenvalue weighted by molar-refractivity contribution is 0.377. The number of hydrogen-bond acceptors (Lipinski definition) is 4. The molecule has 0 radical (unpaired) electrons. The highest BCUT2D eigenvalue weighted by Crippen LogP contribution is 2.22. The van der Waals surface area contributed by atoms with Crippen molar-refractivity contribution in [2.75, 3.05) is 31.6 Å². The Morgan fingerprint density at radius 2 is 2.29 bits per heavy atom. The van der Waals surface area contributed by atoms with Crippen molar-refractivity contribution in [2.45, 2.75) is 19.3 Å². The second-order valence-corrected chi connectivity index (χ2v) is 4.59. The second kappa shape index (κ2) is 5.82. The first-order valence-corrected chi connectivity index (χ1v) is 6.24. The summed E-state index contributed by atoms with van der Waals surface area (Å²) >= 11 is 0. The summed E-state index contributed by atoms with van der Waals surface area (Å²) in [6, 6.07) is 1.58. The monoisotopic (exact) mass is 236 g/mol. The Morgan fingerprint density at radius 1 is 1.53 bits per heavy atom. The molecule has 2 heterocycles. The summed E-state index contributed by atoms with van der Waals surface area (Å²) in [6.07, 6.45) is 5.10. The maximum Gasteiger partial charge on any atom is 0.252 e. The van der Waals surface area contributed by atoms with E-state index in [1.54, 1.807) is 6.07 Å². The molecule has 0 saturated carbocycles. The lowest BCUT2D eigenvalue weighted by Gasteiger charge is -2.32. The van der Waals surface area contributed by atoms with Gasteiger partial charge in [0.1, 0.15) is 5.82 Å². The van der Waals surface area contributed by atoms with Crippen LogP contribution in [-0.4, -0.2) is 36.6 Å². The first kappa shape index (κ1) is 12.1. The molecule has 5 nitrogen and oxygen atoms in total. The highest BCUT2D eigenvalue weighted by molar-refractivity contribution is 5.36. The van der Waals surface area contributed by atoms with Crippen molar-refractivity contribution < 1.29 is 0 Å². The van der Waals surface area contributed by atoms with Crippen molar-refractivity contribution in [3.63, 3.8) is 0 Å². The molecule has 5 heteroatoms. The highest BCUT2D eigenvalue weighted by atomic mass is 16.1. The van der Waals surface area contributed by atoms with Gasteiger partial charge < -0.3 is 15.2 Å². The van der Waals surface area contributed by atoms with Crippen LogP contribution >= 0.6 is 0 Å². The number of aromatic nitrogens is 2. The van der Waals surface area contributed by atoms with Gasteiger partial charge in [-0.1, -0.05) is 0 Å². The zero-order valence-corrected chi connectivity index (χ0v) is 10.3. The van der Waals surface area contributed by atoms with Crippen LogP contribution in [0.25, 0.3) is 0 Å². The Labute approximate surface area is 101 Å². The fourth-order valence-corrected chi connectivity index (χ4v) is 2.33. The van der Waals surface area contributed by atoms with E-state index < -0.39 is 0 Å². The molecule has 1 aliphatic heterocycles. The zero-order chi connectivity index (χ0) is 12.1. The number of piperidine rings is 1. The normalized spacial score (nSPS) is 17.4. The predicted molar refractivity (Wildman–Crippen MR) is 68.3 cm³/mol. The summed E-state index contributed by atoms with van der Waals surface area (Å²) in [7, 11) is 2.00. The standard InChI is InChI=1S/C12H20N4O/c1-13-5-2-10-3-6-16(7-4-10)11-8-12(17)15-9-14-11/h8-10,13H,2-7H2,1H3,(H,14,15,17). The van der Waals surface area contributed by atoms with Crippen LogP contribution in [0.5, 0.6) is 0 Å². The van der Waals surface area contributed by atoms with E-state index >= 15 is 0 Å². The van der Waals surface area contributed by atoms with Gasteiger partial charge in [-0.05, 0) is 38.8 Å². The van der Waals surface area contributed by atoms with E-state index in [-0.39, 0.29) is 5.56 Å². The van der Waals surface area contributed by atoms with E-state index in [0.29, 0.717) is 0 Å². The fourth-order valence-electron chi connectivity index (χ4n) is 2.33. The molecule has 2 N–H and O–H groups in total. The third kappa shape index (κ3) is 3.30. The molecule has 2 rings (SSSR count). The first-order valence-electron chi connectivity index (χ1n) is 6.24. The number of H-pyrrole nitrogens is 1. The largest absolute Gasteiger partial charge is 0.356 e. The lowest BCUT2D eigenvalue weighted by Crippen LogP contribution is -2.35. The summed E-state index contributed by atoms with van der Waals surface area (Å²) in [5.74, 6) is 1.61. The lowest BCUT2D eigenvalue weighted by atomic mass is 9.93. The van der Waals surface area contributed by atoms with Crippen LogP contribution in [0.4, 0.5) is 5.82 Å². The van der Waals surface area contributed by atoms with E-state index in [1.807, 2.05) is 7.05 Å². The van der Waals surface area contributed by atoms with E-state index in [4.69, 9.17) is 0 Å². The molecule has 0 bridgehead atoms. The van der Waals surface area contributed by atoms with Gasteiger partial charge in [-0.3, -0.25) is 4.79 Å². The predicted octanol–water partition coefficient (Wildman–Crippen LogP) is 0.596. The average Bonchev–Trinajstić information content (AvgIpc) is 2.37. The van der Waals surface area contributed by atoms with Crippen molar-refractivity contribution >= 4 is 5.82 Å². The summed E-state index contributed by atoms with van der Waals surface area (Å²) in [6.45, 7) is 3.10. The second-order valence-electron chi connectivity index (χ2n) is 4.59. The molecule has 0 unspecified atom stereocenters. The third-order valence-electron chi connectivity index (χ3n) is 3.40. The Kier molecular flexibility index (Phi) is 4.14. The molecule has 1 aliphatic rings. The average molecular weight is 236 g/mol. The Morgan fingerprint density at radius 3 is 2.94 bits per heavy atom. The van der Waals surface area contributed by atoms with Gasteiger partial charge in [0, 0.05) is 19.2 Å². The van der Waals surface area contributed by atoms with Gasteiger partial charge in [-0.25, -0.2) is 4.98 Å². The van der Waals surface area contributed by atoms with Crippen LogP contribution in [-0.2, 0) is 0 Å². The molecule has 17 heavy (non-hydrogen) atoms. The molecule has 1 aromatic heterocycles. The Bertz CT molecular complexity index is 395. The summed E-state index contributed by atoms with van der Waals surface area (Å²) in [5.41, 5.74) is -0.0766. The van der Waals surface area contributed by atoms with E-state index in [1.165, 1.54) is 25.6 Å². The SMILES string of the molecule is CNCCC1CCN(c2cc(=O)[nH]cn2)CC1. The molecule has 0 spiro atoms. The Balaban J connectivity index is 1.88. The number of rotatable bonds is 4. The van der Waals surface area contributed by atoms with E-state index in [9.17, 15) is 4.79 Å². The number of aromatic amines is 1. The summed E-state index contributed by atoms with van der Waals surface area (Å²) in [4.78, 5) is 20.2. The van der Waals surface area contributed by atoms with Gasteiger partial charge in [-0.15, -0.1) is 0 Å². The molecule has 1 fully saturated rings. The van der Waals surface area contributed by atoms with Crippen molar-refractivity contribution in [1.82, 2.24) is 15.3 Å². The van der Waals surface area contributed by atoms with Crippen LogP contribution in [0.15, 0.2) is 17.2 Å². The molecular weight excluding hydrogens is 216 g/mol. The minimum atomic E-state index is -0.0766. The van der Waals surface area contributed by atoms with Gasteiger partial charge >= 0.3 is 0 Å². The van der Waals surface area contributed by atoms with Gasteiger partial charge in [0.05, 0.1) is 6.33 Å². The summed E-state index contributed by atoms with van der Waals surface area (Å²) in [5, 5.41) is 3.19. The van der Waals surface area contributed by atoms with Crippen molar-refractivity contribution in [2.24, 2.45) is 5.92 Å². The number of hydrogen-bond donors (Lipinski definition) is 2. The zero-order valence-electron chi connectivity index (χ0n) is 10.3. The van der Waals surface area contributed by atoms with Crippen LogP contribution in [0.3, 0.4) is 0 Å². The minimum absolute atomic E-state index is 0.0766. The molecule has 0 aromatic carbocycles. The number of nitrogens with zero attached hydrogens (tertiary/aromatic N) is 2. The van der Waals surface area contributed by atoms with Crippen LogP contribution < -0.4 is 15.8 Å². The molecule has 0 amide bonds. The van der Waals surface area contributed by atoms with Gasteiger partial charge in [0.2, 0.25) is 0 Å². The number of nitrogens with one attached hydrogen (secondary N) is 2. The van der Waals surface area contributed by atoms with Crippen LogP contribution in [0.2, 0.25) is 0 Å². The van der Waals surface area contributed by atoms with Crippen molar-refractivity contribution in [3.05, 3.63) is 22.7 Å². The molecule has 0 aliphatic carbocycles. The third-order valence-corrected chi connectivity index (χ3v) is 3.40. The maximum atomic E-state index is 11.2. The van der Waals surface area contributed by atoms with Crippen LogP contribution in [0, 0.1) is 5.92 Å². The topological polar surface area (TPSA) is 61.0 Å². The van der Waals surface area contributed by atoms with Gasteiger partial charge in [-0.2, -0.15) is 0 Å². The van der Waals surface area contributed by atoms with E-state index in [2.05, 4.69) is 20.2 Å². The smallest absolute Gasteiger partial charge is 0.252 e. The van der Waals surface area contributed by atoms with Gasteiger partial charge in [0.15, 0.2) is 0 Å². The maximum absolute atomic E-state index is 11.2. The van der Waals surface area contributed by atoms with Crippen molar-refractivity contribution in [1.29, 1.82) is 0 Å². The minimum Gasteiger partial charge on any atom is -0.356 e. The van der Waals surface area contributed by atoms with Gasteiger partial charge in [0.25, 0.3) is 5.56 Å². The first-order chi connectivity index (χ1) is 8.29. The molecule has 0 atom stereocenters. The quantitative estimate of drug-likeness (QED) is 0.803. The number of anilines is 1. The fraction of sp³-hybridized carbons (Fsp3) is 0.667. The van der Waals surface area contributed by atoms with E-state index in [0.717, 1.165) is 31.4 Å². The van der Waals surface area contributed by atoms with Crippen molar-refractivity contribution in [3.8, 4) is 0 Å². The molecule has 1 aromatic rings.